The molecule has 1 saturated heterocycles. The lowest BCUT2D eigenvalue weighted by Crippen LogP contribution is -2.46. The van der Waals surface area contributed by atoms with Crippen LogP contribution in [0, 0.1) is 5.82 Å². The van der Waals surface area contributed by atoms with Crippen LogP contribution >= 0.6 is 0 Å². The van der Waals surface area contributed by atoms with Gasteiger partial charge in [-0.1, -0.05) is 0 Å². The summed E-state index contributed by atoms with van der Waals surface area (Å²) in [4.78, 5) is 36.5. The Hall–Kier alpha value is -2.48. The summed E-state index contributed by atoms with van der Waals surface area (Å²) in [5, 5.41) is 8.78. The zero-order chi connectivity index (χ0) is 18.4. The Balaban J connectivity index is 1.87. The first-order chi connectivity index (χ1) is 11.9. The number of halogens is 1. The van der Waals surface area contributed by atoms with Gasteiger partial charge in [0.15, 0.2) is 17.3 Å². The van der Waals surface area contributed by atoms with E-state index in [-0.39, 0.29) is 55.4 Å². The van der Waals surface area contributed by atoms with Gasteiger partial charge in [-0.25, -0.2) is 4.39 Å². The molecule has 1 N–H and O–H groups in total. The quantitative estimate of drug-likeness (QED) is 0.747. The molecule has 0 radical (unpaired) electrons. The number of Topliss-reactive ketones (excluding diaryl/α,β-unsaturated/α-hetero) is 1. The molecule has 0 aliphatic carbocycles. The van der Waals surface area contributed by atoms with Crippen molar-refractivity contribution in [2.45, 2.75) is 25.4 Å². The van der Waals surface area contributed by atoms with Crippen LogP contribution in [0.2, 0.25) is 0 Å². The molecule has 1 heterocycles. The van der Waals surface area contributed by atoms with Crippen molar-refractivity contribution in [3.05, 3.63) is 29.6 Å². The number of carboxylic acids is 1. The van der Waals surface area contributed by atoms with Gasteiger partial charge in [0.1, 0.15) is 0 Å². The van der Waals surface area contributed by atoms with E-state index in [0.29, 0.717) is 6.54 Å². The number of aliphatic carboxylic acids is 1. The van der Waals surface area contributed by atoms with Gasteiger partial charge in [0.2, 0.25) is 5.91 Å². The number of carboxylic acid groups (broad SMARTS) is 1. The Morgan fingerprint density at radius 3 is 2.76 bits per heavy atom. The molecule has 1 aliphatic heterocycles. The van der Waals surface area contributed by atoms with Crippen molar-refractivity contribution in [1.82, 2.24) is 4.90 Å². The van der Waals surface area contributed by atoms with E-state index in [1.54, 1.807) is 0 Å². The molecule has 0 saturated carbocycles. The van der Waals surface area contributed by atoms with Crippen molar-refractivity contribution in [1.29, 1.82) is 0 Å². The van der Waals surface area contributed by atoms with E-state index in [4.69, 9.17) is 14.6 Å². The molecule has 1 amide bonds. The van der Waals surface area contributed by atoms with Crippen molar-refractivity contribution >= 4 is 17.7 Å². The van der Waals surface area contributed by atoms with Crippen molar-refractivity contribution in [3.63, 3.8) is 0 Å². The standard InChI is InChI=1S/C17H20FNO6/c1-24-15-4-2-11(8-13(15)18)14(20)3-5-16(21)19-6-7-25-12(10-19)9-17(22)23/h2,4,8,12H,3,5-7,9-10H2,1H3,(H,22,23). The largest absolute Gasteiger partial charge is 0.494 e. The number of nitrogens with zero attached hydrogens (tertiary/aromatic N) is 1. The first-order valence-electron chi connectivity index (χ1n) is 7.88. The van der Waals surface area contributed by atoms with Gasteiger partial charge in [0.05, 0.1) is 26.2 Å². The Morgan fingerprint density at radius 2 is 2.12 bits per heavy atom. The lowest BCUT2D eigenvalue weighted by molar-refractivity contribution is -0.147. The third-order valence-electron chi connectivity index (χ3n) is 3.93. The number of hydrogen-bond donors (Lipinski definition) is 1. The molecule has 8 heteroatoms. The average molecular weight is 353 g/mol. The number of methoxy groups -OCH3 is 1. The number of carbonyl (C=O) groups is 3. The number of benzene rings is 1. The molecular formula is C17H20FNO6. The summed E-state index contributed by atoms with van der Waals surface area (Å²) < 4.78 is 23.7. The minimum absolute atomic E-state index is 0.0216. The molecule has 1 fully saturated rings. The third kappa shape index (κ3) is 5.25. The highest BCUT2D eigenvalue weighted by atomic mass is 19.1. The van der Waals surface area contributed by atoms with Crippen molar-refractivity contribution < 1.29 is 33.4 Å². The van der Waals surface area contributed by atoms with E-state index in [2.05, 4.69) is 0 Å². The van der Waals surface area contributed by atoms with Crippen LogP contribution in [0.5, 0.6) is 5.75 Å². The van der Waals surface area contributed by atoms with Gasteiger partial charge >= 0.3 is 5.97 Å². The fourth-order valence-electron chi connectivity index (χ4n) is 2.63. The van der Waals surface area contributed by atoms with Crippen LogP contribution in [0.25, 0.3) is 0 Å². The Kier molecular flexibility index (Phi) is 6.46. The summed E-state index contributed by atoms with van der Waals surface area (Å²) in [5.41, 5.74) is 0.178. The third-order valence-corrected chi connectivity index (χ3v) is 3.93. The average Bonchev–Trinajstić information content (AvgIpc) is 2.58. The summed E-state index contributed by atoms with van der Waals surface area (Å²) in [5.74, 6) is -2.17. The summed E-state index contributed by atoms with van der Waals surface area (Å²) in [6, 6.07) is 3.90. The fraction of sp³-hybridized carbons (Fsp3) is 0.471. The molecule has 1 aromatic rings. The summed E-state index contributed by atoms with van der Waals surface area (Å²) in [6.07, 6.45) is -0.785. The monoisotopic (exact) mass is 353 g/mol. The molecule has 1 unspecified atom stereocenters. The summed E-state index contributed by atoms with van der Waals surface area (Å²) in [6.45, 7) is 0.818. The van der Waals surface area contributed by atoms with E-state index >= 15 is 0 Å². The van der Waals surface area contributed by atoms with Crippen LogP contribution in [0.15, 0.2) is 18.2 Å². The van der Waals surface area contributed by atoms with Crippen molar-refractivity contribution in [3.8, 4) is 5.75 Å². The normalized spacial score (nSPS) is 17.2. The van der Waals surface area contributed by atoms with E-state index in [9.17, 15) is 18.8 Å². The SMILES string of the molecule is COc1ccc(C(=O)CCC(=O)N2CCOC(CC(=O)O)C2)cc1F. The highest BCUT2D eigenvalue weighted by molar-refractivity contribution is 5.98. The van der Waals surface area contributed by atoms with Gasteiger partial charge in [0, 0.05) is 31.5 Å². The van der Waals surface area contributed by atoms with Crippen LogP contribution in [-0.2, 0) is 14.3 Å². The van der Waals surface area contributed by atoms with Gasteiger partial charge in [-0.2, -0.15) is 0 Å². The van der Waals surface area contributed by atoms with Crippen LogP contribution < -0.4 is 4.74 Å². The lowest BCUT2D eigenvalue weighted by atomic mass is 10.1. The fourth-order valence-corrected chi connectivity index (χ4v) is 2.63. The topological polar surface area (TPSA) is 93.1 Å². The molecule has 1 aromatic carbocycles. The molecule has 0 bridgehead atoms. The van der Waals surface area contributed by atoms with Crippen LogP contribution in [0.1, 0.15) is 29.6 Å². The molecule has 1 aliphatic rings. The van der Waals surface area contributed by atoms with Gasteiger partial charge in [-0.15, -0.1) is 0 Å². The molecule has 2 rings (SSSR count). The summed E-state index contributed by atoms with van der Waals surface area (Å²) in [7, 11) is 1.33. The zero-order valence-electron chi connectivity index (χ0n) is 13.9. The van der Waals surface area contributed by atoms with Crippen LogP contribution in [-0.4, -0.2) is 60.6 Å². The predicted octanol–water partition coefficient (Wildman–Crippen LogP) is 1.50. The highest BCUT2D eigenvalue weighted by Gasteiger charge is 2.26. The maximum absolute atomic E-state index is 13.6. The van der Waals surface area contributed by atoms with E-state index in [1.807, 2.05) is 0 Å². The number of carbonyl (C=O) groups excluding carboxylic acids is 2. The number of hydrogen-bond acceptors (Lipinski definition) is 5. The van der Waals surface area contributed by atoms with Crippen molar-refractivity contribution in [2.24, 2.45) is 0 Å². The lowest BCUT2D eigenvalue weighted by Gasteiger charge is -2.32. The van der Waals surface area contributed by atoms with E-state index in [0.717, 1.165) is 6.07 Å². The van der Waals surface area contributed by atoms with E-state index in [1.165, 1.54) is 24.1 Å². The maximum Gasteiger partial charge on any atom is 0.306 e. The number of ketones is 1. The van der Waals surface area contributed by atoms with Gasteiger partial charge < -0.3 is 19.5 Å². The highest BCUT2D eigenvalue weighted by Crippen LogP contribution is 2.19. The van der Waals surface area contributed by atoms with Gasteiger partial charge in [0.25, 0.3) is 0 Å². The molecular weight excluding hydrogens is 333 g/mol. The second kappa shape index (κ2) is 8.57. The molecule has 136 valence electrons. The molecule has 0 aromatic heterocycles. The Morgan fingerprint density at radius 1 is 1.36 bits per heavy atom. The second-order valence-electron chi connectivity index (χ2n) is 5.70. The second-order valence-corrected chi connectivity index (χ2v) is 5.70. The first-order valence-corrected chi connectivity index (χ1v) is 7.88. The number of ether oxygens (including phenoxy) is 2. The Labute approximate surface area is 144 Å². The first kappa shape index (κ1) is 18.9. The van der Waals surface area contributed by atoms with Crippen molar-refractivity contribution in [2.75, 3.05) is 26.8 Å². The summed E-state index contributed by atoms with van der Waals surface area (Å²) >= 11 is 0. The number of amides is 1. The Bertz CT molecular complexity index is 663. The molecule has 25 heavy (non-hydrogen) atoms. The molecule has 1 atom stereocenters. The number of rotatable bonds is 7. The minimum Gasteiger partial charge on any atom is -0.494 e. The minimum atomic E-state index is -0.990. The van der Waals surface area contributed by atoms with Gasteiger partial charge in [-0.05, 0) is 18.2 Å². The zero-order valence-corrected chi connectivity index (χ0v) is 13.9. The van der Waals surface area contributed by atoms with Gasteiger partial charge in [-0.3, -0.25) is 14.4 Å². The maximum atomic E-state index is 13.6. The predicted molar refractivity (Wildman–Crippen MR) is 85.1 cm³/mol. The number of morpholine rings is 1. The molecule has 0 spiro atoms. The van der Waals surface area contributed by atoms with E-state index < -0.39 is 17.9 Å². The van der Waals surface area contributed by atoms with Crippen LogP contribution in [0.4, 0.5) is 4.39 Å². The smallest absolute Gasteiger partial charge is 0.306 e. The molecule has 7 nitrogen and oxygen atoms in total. The van der Waals surface area contributed by atoms with Crippen LogP contribution in [0.3, 0.4) is 0 Å².